The molecule has 3 nitrogen and oxygen atoms in total. The lowest BCUT2D eigenvalue weighted by atomic mass is 9.94. The molecule has 2 rings (SSSR count). The molecule has 1 amide bonds. The molecule has 0 aromatic heterocycles. The molecule has 0 atom stereocenters. The summed E-state index contributed by atoms with van der Waals surface area (Å²) in [6.07, 6.45) is 1.76. The van der Waals surface area contributed by atoms with Crippen LogP contribution in [0.3, 0.4) is 0 Å². The highest BCUT2D eigenvalue weighted by Crippen LogP contribution is 2.16. The van der Waals surface area contributed by atoms with Crippen LogP contribution in [0.1, 0.15) is 43.1 Å². The third kappa shape index (κ3) is 5.44. The van der Waals surface area contributed by atoms with Crippen molar-refractivity contribution in [3.63, 3.8) is 0 Å². The SMILES string of the molecule is CCCOc1ccc(C(=O)NC(C)(C)Cc2ccccc2)cc1. The summed E-state index contributed by atoms with van der Waals surface area (Å²) in [5.74, 6) is 0.736. The predicted molar refractivity (Wildman–Crippen MR) is 93.9 cm³/mol. The fraction of sp³-hybridized carbons (Fsp3) is 0.350. The number of nitrogens with one attached hydrogen (secondary N) is 1. The van der Waals surface area contributed by atoms with Gasteiger partial charge >= 0.3 is 0 Å². The summed E-state index contributed by atoms with van der Waals surface area (Å²) < 4.78 is 5.54. The maximum atomic E-state index is 12.4. The highest BCUT2D eigenvalue weighted by molar-refractivity contribution is 5.94. The standard InChI is InChI=1S/C20H25NO2/c1-4-14-23-18-12-10-17(11-13-18)19(22)21-20(2,3)15-16-8-6-5-7-9-16/h5-13H,4,14-15H2,1-3H3,(H,21,22). The molecule has 0 bridgehead atoms. The van der Waals surface area contributed by atoms with E-state index in [0.717, 1.165) is 18.6 Å². The highest BCUT2D eigenvalue weighted by Gasteiger charge is 2.21. The quantitative estimate of drug-likeness (QED) is 0.831. The third-order valence-corrected chi connectivity index (χ3v) is 3.53. The fourth-order valence-electron chi connectivity index (χ4n) is 2.45. The van der Waals surface area contributed by atoms with Crippen LogP contribution in [0.15, 0.2) is 54.6 Å². The Morgan fingerprint density at radius 2 is 1.70 bits per heavy atom. The molecule has 0 saturated heterocycles. The largest absolute Gasteiger partial charge is 0.494 e. The number of carbonyl (C=O) groups is 1. The molecule has 0 aliphatic rings. The van der Waals surface area contributed by atoms with Crippen LogP contribution in [0.2, 0.25) is 0 Å². The van der Waals surface area contributed by atoms with Gasteiger partial charge in [0.2, 0.25) is 0 Å². The molecule has 1 N–H and O–H groups in total. The summed E-state index contributed by atoms with van der Waals surface area (Å²) in [4.78, 5) is 12.4. The lowest BCUT2D eigenvalue weighted by Gasteiger charge is -2.26. The Labute approximate surface area is 138 Å². The van der Waals surface area contributed by atoms with Crippen LogP contribution in [0, 0.1) is 0 Å². The lowest BCUT2D eigenvalue weighted by Crippen LogP contribution is -2.45. The van der Waals surface area contributed by atoms with Gasteiger partial charge in [0, 0.05) is 11.1 Å². The van der Waals surface area contributed by atoms with Gasteiger partial charge in [-0.3, -0.25) is 4.79 Å². The number of amides is 1. The van der Waals surface area contributed by atoms with E-state index in [1.165, 1.54) is 5.56 Å². The van der Waals surface area contributed by atoms with E-state index >= 15 is 0 Å². The van der Waals surface area contributed by atoms with Gasteiger partial charge in [-0.1, -0.05) is 37.3 Å². The summed E-state index contributed by atoms with van der Waals surface area (Å²) in [6, 6.07) is 17.5. The van der Waals surface area contributed by atoms with Gasteiger partial charge in [0.05, 0.1) is 6.61 Å². The van der Waals surface area contributed by atoms with Crippen LogP contribution in [-0.2, 0) is 6.42 Å². The Balaban J connectivity index is 1.97. The summed E-state index contributed by atoms with van der Waals surface area (Å²) in [7, 11) is 0. The molecular weight excluding hydrogens is 286 g/mol. The molecule has 0 aliphatic carbocycles. The Morgan fingerprint density at radius 3 is 2.30 bits per heavy atom. The van der Waals surface area contributed by atoms with Crippen molar-refractivity contribution in [3.05, 3.63) is 65.7 Å². The third-order valence-electron chi connectivity index (χ3n) is 3.53. The topological polar surface area (TPSA) is 38.3 Å². The maximum Gasteiger partial charge on any atom is 0.251 e. The first-order valence-electron chi connectivity index (χ1n) is 8.09. The average molecular weight is 311 g/mol. The highest BCUT2D eigenvalue weighted by atomic mass is 16.5. The molecular formula is C20H25NO2. The minimum absolute atomic E-state index is 0.0621. The van der Waals surface area contributed by atoms with Gasteiger partial charge in [0.1, 0.15) is 5.75 Å². The number of benzene rings is 2. The van der Waals surface area contributed by atoms with Crippen molar-refractivity contribution in [2.45, 2.75) is 39.2 Å². The van der Waals surface area contributed by atoms with Crippen molar-refractivity contribution in [1.29, 1.82) is 0 Å². The number of ether oxygens (including phenoxy) is 1. The zero-order valence-corrected chi connectivity index (χ0v) is 14.1. The van der Waals surface area contributed by atoms with E-state index in [9.17, 15) is 4.79 Å². The van der Waals surface area contributed by atoms with Crippen molar-refractivity contribution >= 4 is 5.91 Å². The normalized spacial score (nSPS) is 11.1. The van der Waals surface area contributed by atoms with Gasteiger partial charge in [0.15, 0.2) is 0 Å². The zero-order chi connectivity index (χ0) is 16.7. The van der Waals surface area contributed by atoms with Crippen LogP contribution < -0.4 is 10.1 Å². The summed E-state index contributed by atoms with van der Waals surface area (Å²) in [6.45, 7) is 6.83. The van der Waals surface area contributed by atoms with Gasteiger partial charge in [-0.05, 0) is 56.5 Å². The van der Waals surface area contributed by atoms with Crippen molar-refractivity contribution in [3.8, 4) is 5.75 Å². The second-order valence-corrected chi connectivity index (χ2v) is 6.37. The molecule has 3 heteroatoms. The molecule has 2 aromatic carbocycles. The maximum absolute atomic E-state index is 12.4. The van der Waals surface area contributed by atoms with Crippen LogP contribution in [0.5, 0.6) is 5.75 Å². The lowest BCUT2D eigenvalue weighted by molar-refractivity contribution is 0.0913. The van der Waals surface area contributed by atoms with Crippen LogP contribution in [0.4, 0.5) is 0 Å². The number of carbonyl (C=O) groups excluding carboxylic acids is 1. The van der Waals surface area contributed by atoms with Crippen molar-refractivity contribution in [2.75, 3.05) is 6.61 Å². The number of hydrogen-bond donors (Lipinski definition) is 1. The van der Waals surface area contributed by atoms with Gasteiger partial charge in [-0.25, -0.2) is 0 Å². The summed E-state index contributed by atoms with van der Waals surface area (Å²) in [5.41, 5.74) is 1.55. The van der Waals surface area contributed by atoms with Gasteiger partial charge in [-0.15, -0.1) is 0 Å². The summed E-state index contributed by atoms with van der Waals surface area (Å²) in [5, 5.41) is 3.10. The summed E-state index contributed by atoms with van der Waals surface area (Å²) >= 11 is 0. The van der Waals surface area contributed by atoms with Gasteiger partial charge in [0.25, 0.3) is 5.91 Å². The van der Waals surface area contributed by atoms with E-state index in [2.05, 4.69) is 24.4 Å². The molecule has 0 heterocycles. The molecule has 0 saturated carbocycles. The van der Waals surface area contributed by atoms with Crippen molar-refractivity contribution in [2.24, 2.45) is 0 Å². The first-order valence-corrected chi connectivity index (χ1v) is 8.09. The van der Waals surface area contributed by atoms with Crippen LogP contribution in [0.25, 0.3) is 0 Å². The Hall–Kier alpha value is -2.29. The molecule has 2 aromatic rings. The Bertz CT molecular complexity index is 618. The van der Waals surface area contributed by atoms with E-state index < -0.39 is 0 Å². The molecule has 0 fully saturated rings. The smallest absolute Gasteiger partial charge is 0.251 e. The molecule has 23 heavy (non-hydrogen) atoms. The van der Waals surface area contributed by atoms with E-state index in [1.807, 2.05) is 44.2 Å². The second kappa shape index (κ2) is 7.82. The Morgan fingerprint density at radius 1 is 1.04 bits per heavy atom. The molecule has 0 spiro atoms. The van der Waals surface area contributed by atoms with Crippen LogP contribution in [-0.4, -0.2) is 18.1 Å². The van der Waals surface area contributed by atoms with E-state index in [1.54, 1.807) is 12.1 Å². The number of hydrogen-bond acceptors (Lipinski definition) is 2. The zero-order valence-electron chi connectivity index (χ0n) is 14.1. The second-order valence-electron chi connectivity index (χ2n) is 6.37. The molecule has 0 radical (unpaired) electrons. The Kier molecular flexibility index (Phi) is 5.80. The first-order chi connectivity index (χ1) is 11.0. The average Bonchev–Trinajstić information content (AvgIpc) is 2.53. The monoisotopic (exact) mass is 311 g/mol. The molecule has 122 valence electrons. The molecule has 0 unspecified atom stereocenters. The van der Waals surface area contributed by atoms with E-state index in [4.69, 9.17) is 4.74 Å². The van der Waals surface area contributed by atoms with E-state index in [0.29, 0.717) is 12.2 Å². The van der Waals surface area contributed by atoms with Crippen molar-refractivity contribution < 1.29 is 9.53 Å². The van der Waals surface area contributed by atoms with E-state index in [-0.39, 0.29) is 11.4 Å². The predicted octanol–water partition coefficient (Wildman–Crippen LogP) is 4.23. The van der Waals surface area contributed by atoms with Crippen molar-refractivity contribution in [1.82, 2.24) is 5.32 Å². The minimum Gasteiger partial charge on any atom is -0.494 e. The van der Waals surface area contributed by atoms with Gasteiger partial charge in [-0.2, -0.15) is 0 Å². The van der Waals surface area contributed by atoms with Gasteiger partial charge < -0.3 is 10.1 Å². The fourth-order valence-corrected chi connectivity index (χ4v) is 2.45. The van der Waals surface area contributed by atoms with Crippen LogP contribution >= 0.6 is 0 Å². The first kappa shape index (κ1) is 17.1. The molecule has 0 aliphatic heterocycles. The minimum atomic E-state index is -0.310. The number of rotatable bonds is 7.